The summed E-state index contributed by atoms with van der Waals surface area (Å²) >= 11 is 8.05. The Balaban J connectivity index is 2.16. The second-order valence-corrected chi connectivity index (χ2v) is 5.88. The summed E-state index contributed by atoms with van der Waals surface area (Å²) in [4.78, 5) is 1.34. The number of benzene rings is 2. The van der Waals surface area contributed by atoms with Crippen molar-refractivity contribution in [2.24, 2.45) is 0 Å². The van der Waals surface area contributed by atoms with E-state index in [4.69, 9.17) is 11.6 Å². The molecule has 0 amide bonds. The average Bonchev–Trinajstić information content (AvgIpc) is 2.88. The van der Waals surface area contributed by atoms with Crippen molar-refractivity contribution in [3.8, 4) is 11.1 Å². The third-order valence-corrected chi connectivity index (χ3v) is 4.45. The maximum atomic E-state index is 6.26. The molecule has 0 aliphatic rings. The van der Waals surface area contributed by atoms with E-state index < -0.39 is 0 Å². The molecule has 2 aromatic carbocycles. The second-order valence-electron chi connectivity index (χ2n) is 4.47. The molecule has 1 aromatic heterocycles. The second kappa shape index (κ2) is 5.33. The van der Waals surface area contributed by atoms with Gasteiger partial charge >= 0.3 is 0 Å². The normalized spacial score (nSPS) is 11.1. The minimum atomic E-state index is 0.810. The van der Waals surface area contributed by atoms with Crippen molar-refractivity contribution in [2.45, 2.75) is 6.54 Å². The molecule has 0 saturated heterocycles. The number of halogens is 1. The van der Waals surface area contributed by atoms with Crippen LogP contribution in [0, 0.1) is 0 Å². The number of rotatable bonds is 3. The molecular weight excluding hydrogens is 274 g/mol. The van der Waals surface area contributed by atoms with Gasteiger partial charge in [0.05, 0.1) is 0 Å². The molecule has 3 rings (SSSR count). The molecule has 1 N–H and O–H groups in total. The van der Waals surface area contributed by atoms with Gasteiger partial charge in [0.25, 0.3) is 0 Å². The first-order valence-corrected chi connectivity index (χ1v) is 7.45. The van der Waals surface area contributed by atoms with E-state index in [1.54, 1.807) is 11.3 Å². The van der Waals surface area contributed by atoms with E-state index in [9.17, 15) is 0 Å². The van der Waals surface area contributed by atoms with Gasteiger partial charge in [-0.25, -0.2) is 0 Å². The highest BCUT2D eigenvalue weighted by molar-refractivity contribution is 7.10. The van der Waals surface area contributed by atoms with Crippen LogP contribution in [0.5, 0.6) is 0 Å². The maximum Gasteiger partial charge on any atom is 0.0484 e. The zero-order chi connectivity index (χ0) is 13.2. The Morgan fingerprint density at radius 2 is 1.89 bits per heavy atom. The van der Waals surface area contributed by atoms with Gasteiger partial charge in [0.15, 0.2) is 0 Å². The lowest BCUT2D eigenvalue weighted by molar-refractivity contribution is 0.831. The van der Waals surface area contributed by atoms with E-state index in [0.29, 0.717) is 0 Å². The molecule has 1 nitrogen and oxygen atoms in total. The van der Waals surface area contributed by atoms with Crippen LogP contribution in [0.25, 0.3) is 21.9 Å². The quantitative estimate of drug-likeness (QED) is 0.719. The summed E-state index contributed by atoms with van der Waals surface area (Å²) in [6.07, 6.45) is 0. The van der Waals surface area contributed by atoms with E-state index in [-0.39, 0.29) is 0 Å². The molecular formula is C16H14ClNS. The van der Waals surface area contributed by atoms with E-state index in [2.05, 4.69) is 41.0 Å². The van der Waals surface area contributed by atoms with E-state index >= 15 is 0 Å². The van der Waals surface area contributed by atoms with Gasteiger partial charge in [-0.2, -0.15) is 0 Å². The minimum absolute atomic E-state index is 0.810. The summed E-state index contributed by atoms with van der Waals surface area (Å²) in [5.74, 6) is 0. The fourth-order valence-corrected chi connectivity index (χ4v) is 3.43. The fraction of sp³-hybridized carbons (Fsp3) is 0.125. The molecule has 3 aromatic rings. The molecule has 0 atom stereocenters. The molecule has 0 aliphatic heterocycles. The SMILES string of the molecule is CNCc1cc(-c2ccc(Cl)c3ccccc23)cs1. The minimum Gasteiger partial charge on any atom is -0.315 e. The number of nitrogens with one attached hydrogen (secondary N) is 1. The Morgan fingerprint density at radius 1 is 1.11 bits per heavy atom. The number of fused-ring (bicyclic) bond motifs is 1. The van der Waals surface area contributed by atoms with Crippen LogP contribution in [0.15, 0.2) is 47.8 Å². The Morgan fingerprint density at radius 3 is 2.68 bits per heavy atom. The van der Waals surface area contributed by atoms with Crippen LogP contribution in [0.1, 0.15) is 4.88 Å². The van der Waals surface area contributed by atoms with Crippen molar-refractivity contribution in [3.05, 3.63) is 57.7 Å². The van der Waals surface area contributed by atoms with Crippen molar-refractivity contribution in [2.75, 3.05) is 7.05 Å². The molecule has 19 heavy (non-hydrogen) atoms. The van der Waals surface area contributed by atoms with Crippen LogP contribution < -0.4 is 5.32 Å². The number of thiophene rings is 1. The molecule has 0 aliphatic carbocycles. The van der Waals surface area contributed by atoms with E-state index in [1.165, 1.54) is 21.4 Å². The maximum absolute atomic E-state index is 6.26. The highest BCUT2D eigenvalue weighted by Crippen LogP contribution is 2.34. The molecule has 96 valence electrons. The van der Waals surface area contributed by atoms with Crippen molar-refractivity contribution >= 4 is 33.7 Å². The zero-order valence-corrected chi connectivity index (χ0v) is 12.2. The van der Waals surface area contributed by atoms with Gasteiger partial charge in [0.2, 0.25) is 0 Å². The van der Waals surface area contributed by atoms with Crippen LogP contribution in [-0.4, -0.2) is 7.05 Å². The molecule has 3 heteroatoms. The highest BCUT2D eigenvalue weighted by atomic mass is 35.5. The standard InChI is InChI=1S/C16H14ClNS/c1-18-9-12-8-11(10-19-12)13-6-7-16(17)15-5-3-2-4-14(13)15/h2-8,10,18H,9H2,1H3. The summed E-state index contributed by atoms with van der Waals surface area (Å²) in [7, 11) is 1.97. The van der Waals surface area contributed by atoms with Gasteiger partial charge in [-0.1, -0.05) is 41.9 Å². The van der Waals surface area contributed by atoms with Gasteiger partial charge in [0, 0.05) is 21.8 Å². The number of hydrogen-bond acceptors (Lipinski definition) is 2. The van der Waals surface area contributed by atoms with Gasteiger partial charge in [-0.15, -0.1) is 11.3 Å². The molecule has 0 saturated carbocycles. The summed E-state index contributed by atoms with van der Waals surface area (Å²) in [6.45, 7) is 0.913. The molecule has 0 fully saturated rings. The van der Waals surface area contributed by atoms with Gasteiger partial charge in [-0.05, 0) is 41.1 Å². The lowest BCUT2D eigenvalue weighted by atomic mass is 10.00. The third kappa shape index (κ3) is 2.39. The molecule has 0 radical (unpaired) electrons. The Bertz CT molecular complexity index is 718. The molecule has 0 spiro atoms. The van der Waals surface area contributed by atoms with Crippen LogP contribution in [0.4, 0.5) is 0 Å². The van der Waals surface area contributed by atoms with Crippen LogP contribution in [0.2, 0.25) is 5.02 Å². The topological polar surface area (TPSA) is 12.0 Å². The lowest BCUT2D eigenvalue weighted by Crippen LogP contribution is -2.02. The number of hydrogen-bond donors (Lipinski definition) is 1. The van der Waals surface area contributed by atoms with Gasteiger partial charge < -0.3 is 5.32 Å². The van der Waals surface area contributed by atoms with Crippen LogP contribution >= 0.6 is 22.9 Å². The molecule has 0 unspecified atom stereocenters. The van der Waals surface area contributed by atoms with E-state index in [0.717, 1.165) is 17.0 Å². The lowest BCUT2D eigenvalue weighted by Gasteiger charge is -2.06. The monoisotopic (exact) mass is 287 g/mol. The van der Waals surface area contributed by atoms with Crippen molar-refractivity contribution < 1.29 is 0 Å². The van der Waals surface area contributed by atoms with Crippen molar-refractivity contribution in [1.29, 1.82) is 0 Å². The predicted molar refractivity (Wildman–Crippen MR) is 85.0 cm³/mol. The third-order valence-electron chi connectivity index (χ3n) is 3.19. The van der Waals surface area contributed by atoms with E-state index in [1.807, 2.05) is 19.2 Å². The Labute approximate surface area is 121 Å². The summed E-state index contributed by atoms with van der Waals surface area (Å²) in [5.41, 5.74) is 2.52. The zero-order valence-electron chi connectivity index (χ0n) is 10.6. The fourth-order valence-electron chi connectivity index (χ4n) is 2.30. The first kappa shape index (κ1) is 12.7. The van der Waals surface area contributed by atoms with Gasteiger partial charge in [-0.3, -0.25) is 0 Å². The smallest absolute Gasteiger partial charge is 0.0484 e. The summed E-state index contributed by atoms with van der Waals surface area (Å²) < 4.78 is 0. The highest BCUT2D eigenvalue weighted by Gasteiger charge is 2.08. The van der Waals surface area contributed by atoms with Crippen LogP contribution in [0.3, 0.4) is 0 Å². The summed E-state index contributed by atoms with van der Waals surface area (Å²) in [6, 6.07) is 14.6. The summed E-state index contributed by atoms with van der Waals surface area (Å²) in [5, 5.41) is 8.53. The van der Waals surface area contributed by atoms with Crippen molar-refractivity contribution in [3.63, 3.8) is 0 Å². The Kier molecular flexibility index (Phi) is 3.56. The van der Waals surface area contributed by atoms with Gasteiger partial charge in [0.1, 0.15) is 0 Å². The largest absolute Gasteiger partial charge is 0.315 e. The Hall–Kier alpha value is -1.35. The molecule has 1 heterocycles. The van der Waals surface area contributed by atoms with Crippen LogP contribution in [-0.2, 0) is 6.54 Å². The average molecular weight is 288 g/mol. The first-order valence-electron chi connectivity index (χ1n) is 6.19. The first-order chi connectivity index (χ1) is 9.29. The molecule has 0 bridgehead atoms. The van der Waals surface area contributed by atoms with Crippen molar-refractivity contribution in [1.82, 2.24) is 5.32 Å². The predicted octanol–water partition coefficient (Wildman–Crippen LogP) is 4.94.